The second kappa shape index (κ2) is 4.29. The summed E-state index contributed by atoms with van der Waals surface area (Å²) in [5, 5.41) is 0. The van der Waals surface area contributed by atoms with Crippen LogP contribution in [0.1, 0.15) is 11.1 Å². The summed E-state index contributed by atoms with van der Waals surface area (Å²) < 4.78 is 37.1. The molecule has 2 N–H and O–H groups in total. The van der Waals surface area contributed by atoms with E-state index < -0.39 is 11.7 Å². The molecular formula is C8H7BrF3NO. The van der Waals surface area contributed by atoms with Crippen LogP contribution in [0, 0.1) is 0 Å². The van der Waals surface area contributed by atoms with Gasteiger partial charge < -0.3 is 0 Å². The molecule has 0 atom stereocenters. The molecule has 0 radical (unpaired) electrons. The van der Waals surface area contributed by atoms with Crippen molar-refractivity contribution in [3.63, 3.8) is 0 Å². The second-order valence-electron chi connectivity index (χ2n) is 2.59. The van der Waals surface area contributed by atoms with E-state index in [9.17, 15) is 13.2 Å². The second-order valence-corrected chi connectivity index (χ2v) is 3.38. The highest BCUT2D eigenvalue weighted by Gasteiger charge is 2.33. The van der Waals surface area contributed by atoms with Gasteiger partial charge in [-0.25, -0.2) is 5.90 Å². The molecule has 0 saturated carbocycles. The van der Waals surface area contributed by atoms with Crippen molar-refractivity contribution in [2.24, 2.45) is 5.90 Å². The normalized spacial score (nSPS) is 11.8. The van der Waals surface area contributed by atoms with Crippen molar-refractivity contribution in [2.45, 2.75) is 12.8 Å². The molecule has 6 heteroatoms. The van der Waals surface area contributed by atoms with Gasteiger partial charge in [0.15, 0.2) is 0 Å². The van der Waals surface area contributed by atoms with E-state index in [-0.39, 0.29) is 11.1 Å². The molecule has 14 heavy (non-hydrogen) atoms. The third-order valence-corrected chi connectivity index (χ3v) is 2.56. The largest absolute Gasteiger partial charge is 0.417 e. The van der Waals surface area contributed by atoms with E-state index in [1.807, 2.05) is 0 Å². The van der Waals surface area contributed by atoms with Crippen molar-refractivity contribution < 1.29 is 18.0 Å². The Morgan fingerprint density at radius 2 is 2.00 bits per heavy atom. The van der Waals surface area contributed by atoms with Crippen LogP contribution in [-0.2, 0) is 17.6 Å². The van der Waals surface area contributed by atoms with Crippen LogP contribution in [0.5, 0.6) is 0 Å². The Hall–Kier alpha value is -0.590. The monoisotopic (exact) mass is 269 g/mol. The zero-order chi connectivity index (χ0) is 10.8. The fourth-order valence-corrected chi connectivity index (χ4v) is 1.60. The summed E-state index contributed by atoms with van der Waals surface area (Å²) in [6.45, 7) is -0.0650. The zero-order valence-electron chi connectivity index (χ0n) is 6.94. The summed E-state index contributed by atoms with van der Waals surface area (Å²) in [6.07, 6.45) is -4.37. The van der Waals surface area contributed by atoms with Crippen LogP contribution in [0.3, 0.4) is 0 Å². The van der Waals surface area contributed by atoms with Crippen molar-refractivity contribution in [3.05, 3.63) is 33.8 Å². The predicted molar refractivity (Wildman–Crippen MR) is 48.1 cm³/mol. The molecule has 78 valence electrons. The number of nitrogens with two attached hydrogens (primary N) is 1. The van der Waals surface area contributed by atoms with Crippen LogP contribution in [0.4, 0.5) is 13.2 Å². The van der Waals surface area contributed by atoms with Gasteiger partial charge >= 0.3 is 6.18 Å². The highest BCUT2D eigenvalue weighted by atomic mass is 79.9. The van der Waals surface area contributed by atoms with Crippen LogP contribution in [0.2, 0.25) is 0 Å². The van der Waals surface area contributed by atoms with Crippen LogP contribution in [-0.4, -0.2) is 0 Å². The lowest BCUT2D eigenvalue weighted by Gasteiger charge is -2.11. The van der Waals surface area contributed by atoms with Crippen LogP contribution in [0.15, 0.2) is 22.7 Å². The van der Waals surface area contributed by atoms with Gasteiger partial charge in [0.25, 0.3) is 0 Å². The minimum absolute atomic E-state index is 0.0297. The molecule has 0 amide bonds. The molecule has 2 nitrogen and oxygen atoms in total. The number of hydrogen-bond acceptors (Lipinski definition) is 2. The summed E-state index contributed by atoms with van der Waals surface area (Å²) >= 11 is 2.86. The van der Waals surface area contributed by atoms with E-state index in [4.69, 9.17) is 5.90 Å². The van der Waals surface area contributed by atoms with Gasteiger partial charge in [-0.2, -0.15) is 13.2 Å². The predicted octanol–water partition coefficient (Wildman–Crippen LogP) is 2.86. The van der Waals surface area contributed by atoms with Crippen LogP contribution in [0.25, 0.3) is 0 Å². The van der Waals surface area contributed by atoms with E-state index in [1.165, 1.54) is 12.1 Å². The lowest BCUT2D eigenvalue weighted by Crippen LogP contribution is -2.08. The van der Waals surface area contributed by atoms with Crippen molar-refractivity contribution in [3.8, 4) is 0 Å². The standard InChI is InChI=1S/C8H7BrF3NO/c9-7-5(4-14-13)2-1-3-6(7)8(10,11)12/h1-3H,4,13H2. The van der Waals surface area contributed by atoms with Gasteiger partial charge in [0.1, 0.15) is 0 Å². The molecule has 0 aliphatic rings. The highest BCUT2D eigenvalue weighted by molar-refractivity contribution is 9.10. The van der Waals surface area contributed by atoms with Gasteiger partial charge in [-0.05, 0) is 27.6 Å². The molecule has 0 spiro atoms. The molecule has 1 rings (SSSR count). The van der Waals surface area contributed by atoms with Crippen molar-refractivity contribution >= 4 is 15.9 Å². The van der Waals surface area contributed by atoms with Gasteiger partial charge in [0, 0.05) is 4.47 Å². The van der Waals surface area contributed by atoms with Crippen molar-refractivity contribution in [2.75, 3.05) is 0 Å². The Kier molecular flexibility index (Phi) is 3.52. The van der Waals surface area contributed by atoms with Gasteiger partial charge in [0.05, 0.1) is 12.2 Å². The van der Waals surface area contributed by atoms with Gasteiger partial charge in [-0.15, -0.1) is 0 Å². The number of benzene rings is 1. The molecule has 1 aromatic carbocycles. The number of halogens is 4. The first-order valence-corrected chi connectivity index (χ1v) is 4.42. The van der Waals surface area contributed by atoms with Gasteiger partial charge in [-0.3, -0.25) is 4.84 Å². The third kappa shape index (κ3) is 2.46. The Morgan fingerprint density at radius 3 is 2.50 bits per heavy atom. The minimum atomic E-state index is -4.37. The Bertz CT molecular complexity index is 327. The topological polar surface area (TPSA) is 35.2 Å². The first-order valence-electron chi connectivity index (χ1n) is 3.63. The van der Waals surface area contributed by atoms with E-state index in [0.29, 0.717) is 5.56 Å². The average molecular weight is 270 g/mol. The highest BCUT2D eigenvalue weighted by Crippen LogP contribution is 2.36. The van der Waals surface area contributed by atoms with Crippen molar-refractivity contribution in [1.29, 1.82) is 0 Å². The number of rotatable bonds is 2. The fraction of sp³-hybridized carbons (Fsp3) is 0.250. The van der Waals surface area contributed by atoms with E-state index >= 15 is 0 Å². The Balaban J connectivity index is 3.14. The SMILES string of the molecule is NOCc1cccc(C(F)(F)F)c1Br. The zero-order valence-corrected chi connectivity index (χ0v) is 8.52. The Morgan fingerprint density at radius 1 is 1.36 bits per heavy atom. The quantitative estimate of drug-likeness (QED) is 0.838. The minimum Gasteiger partial charge on any atom is -0.300 e. The van der Waals surface area contributed by atoms with E-state index in [1.54, 1.807) is 0 Å². The first kappa shape index (κ1) is 11.5. The van der Waals surface area contributed by atoms with Crippen LogP contribution < -0.4 is 5.90 Å². The number of hydrogen-bond donors (Lipinski definition) is 1. The molecule has 0 bridgehead atoms. The summed E-state index contributed by atoms with van der Waals surface area (Å²) in [6, 6.07) is 3.80. The summed E-state index contributed by atoms with van der Waals surface area (Å²) in [5.74, 6) is 4.79. The van der Waals surface area contributed by atoms with E-state index in [0.717, 1.165) is 6.07 Å². The molecule has 1 aromatic rings. The molecule has 0 heterocycles. The molecule has 0 aliphatic carbocycles. The molecule has 0 aromatic heterocycles. The lowest BCUT2D eigenvalue weighted by molar-refractivity contribution is -0.138. The molecule has 0 fully saturated rings. The summed E-state index contributed by atoms with van der Waals surface area (Å²) in [7, 11) is 0. The Labute approximate surface area is 86.9 Å². The average Bonchev–Trinajstić information content (AvgIpc) is 2.07. The van der Waals surface area contributed by atoms with E-state index in [2.05, 4.69) is 20.8 Å². The smallest absolute Gasteiger partial charge is 0.300 e. The molecule has 0 saturated heterocycles. The summed E-state index contributed by atoms with van der Waals surface area (Å²) in [5.41, 5.74) is -0.366. The first-order chi connectivity index (χ1) is 6.46. The van der Waals surface area contributed by atoms with Gasteiger partial charge in [0.2, 0.25) is 0 Å². The van der Waals surface area contributed by atoms with Gasteiger partial charge in [-0.1, -0.05) is 12.1 Å². The van der Waals surface area contributed by atoms with Crippen molar-refractivity contribution in [1.82, 2.24) is 0 Å². The van der Waals surface area contributed by atoms with Crippen LogP contribution >= 0.6 is 15.9 Å². The number of alkyl halides is 3. The maximum absolute atomic E-state index is 12.4. The summed E-state index contributed by atoms with van der Waals surface area (Å²) in [4.78, 5) is 4.28. The fourth-order valence-electron chi connectivity index (χ4n) is 1.000. The maximum Gasteiger partial charge on any atom is 0.417 e. The molecule has 0 unspecified atom stereocenters. The lowest BCUT2D eigenvalue weighted by atomic mass is 10.1. The molecular weight excluding hydrogens is 263 g/mol. The maximum atomic E-state index is 12.4. The third-order valence-electron chi connectivity index (χ3n) is 1.62. The molecule has 0 aliphatic heterocycles.